The van der Waals surface area contributed by atoms with E-state index in [-0.39, 0.29) is 34.8 Å². The molecular formula is C35H32F3N3O5. The van der Waals surface area contributed by atoms with Gasteiger partial charge in [0, 0.05) is 42.0 Å². The Kier molecular flexibility index (Phi) is 7.05. The van der Waals surface area contributed by atoms with Crippen molar-refractivity contribution < 1.29 is 32.7 Å². The molecule has 2 bridgehead atoms. The van der Waals surface area contributed by atoms with Gasteiger partial charge in [-0.05, 0) is 73.7 Å². The van der Waals surface area contributed by atoms with Gasteiger partial charge in [0.2, 0.25) is 0 Å². The van der Waals surface area contributed by atoms with Crippen molar-refractivity contribution in [2.45, 2.75) is 67.4 Å². The molecule has 2 heterocycles. The molecule has 0 aromatic heterocycles. The van der Waals surface area contributed by atoms with E-state index in [0.29, 0.717) is 31.5 Å². The molecular weight excluding hydrogens is 599 g/mol. The number of halogens is 3. The summed E-state index contributed by atoms with van der Waals surface area (Å²) in [5, 5.41) is 24.4. The van der Waals surface area contributed by atoms with Gasteiger partial charge >= 0.3 is 6.18 Å². The van der Waals surface area contributed by atoms with E-state index in [1.165, 1.54) is 17.0 Å². The third-order valence-corrected chi connectivity index (χ3v) is 10.7. The average Bonchev–Trinajstić information content (AvgIpc) is 3.39. The molecule has 2 aliphatic carbocycles. The van der Waals surface area contributed by atoms with Crippen LogP contribution in [0, 0.1) is 22.0 Å². The first kappa shape index (κ1) is 30.1. The van der Waals surface area contributed by atoms with Gasteiger partial charge in [-0.25, -0.2) is 0 Å². The van der Waals surface area contributed by atoms with Gasteiger partial charge in [-0.3, -0.25) is 19.8 Å². The summed E-state index contributed by atoms with van der Waals surface area (Å²) >= 11 is 0. The average molecular weight is 632 g/mol. The zero-order chi connectivity index (χ0) is 32.4. The summed E-state index contributed by atoms with van der Waals surface area (Å²) in [5.74, 6) is 4.79. The van der Waals surface area contributed by atoms with Crippen molar-refractivity contribution in [2.75, 3.05) is 20.1 Å². The number of piperidine rings is 1. The molecule has 46 heavy (non-hydrogen) atoms. The highest BCUT2D eigenvalue weighted by atomic mass is 19.4. The lowest BCUT2D eigenvalue weighted by atomic mass is 9.46. The van der Waals surface area contributed by atoms with Gasteiger partial charge in [0.25, 0.3) is 11.4 Å². The first-order valence-electron chi connectivity index (χ1n) is 15.4. The number of hydrogen-bond donors (Lipinski definition) is 1. The van der Waals surface area contributed by atoms with E-state index in [4.69, 9.17) is 4.74 Å². The lowest BCUT2D eigenvalue weighted by Crippen LogP contribution is -2.80. The third kappa shape index (κ3) is 4.37. The van der Waals surface area contributed by atoms with Gasteiger partial charge in [0.1, 0.15) is 11.5 Å². The number of phenolic OH excluding ortho intramolecular Hbond substituents is 1. The van der Waals surface area contributed by atoms with Crippen molar-refractivity contribution in [1.29, 1.82) is 0 Å². The van der Waals surface area contributed by atoms with Crippen molar-refractivity contribution in [3.63, 3.8) is 0 Å². The Bertz CT molecular complexity index is 1770. The van der Waals surface area contributed by atoms with Crippen LogP contribution in [0.5, 0.6) is 11.5 Å². The molecule has 1 amide bonds. The van der Waals surface area contributed by atoms with Crippen LogP contribution in [0.25, 0.3) is 0 Å². The van der Waals surface area contributed by atoms with Crippen LogP contribution in [0.1, 0.15) is 47.1 Å². The predicted molar refractivity (Wildman–Crippen MR) is 162 cm³/mol. The zero-order valence-electron chi connectivity index (χ0n) is 25.1. The number of hydrogen-bond acceptors (Lipinski definition) is 6. The third-order valence-electron chi connectivity index (χ3n) is 10.7. The molecule has 3 aromatic rings. The Morgan fingerprint density at radius 1 is 1.13 bits per heavy atom. The number of alkyl halides is 3. The highest BCUT2D eigenvalue weighted by molar-refractivity contribution is 5.94. The van der Waals surface area contributed by atoms with E-state index in [0.717, 1.165) is 29.7 Å². The number of aromatic hydroxyl groups is 1. The van der Waals surface area contributed by atoms with Crippen molar-refractivity contribution in [1.82, 2.24) is 9.80 Å². The quantitative estimate of drug-likeness (QED) is 0.243. The van der Waals surface area contributed by atoms with Crippen molar-refractivity contribution in [3.8, 4) is 23.3 Å². The van der Waals surface area contributed by atoms with Gasteiger partial charge in [-0.15, -0.1) is 0 Å². The maximum atomic E-state index is 13.4. The van der Waals surface area contributed by atoms with Crippen LogP contribution in [-0.2, 0) is 29.2 Å². The molecule has 1 spiro atoms. The molecule has 4 aliphatic rings. The van der Waals surface area contributed by atoms with Gasteiger partial charge in [0.15, 0.2) is 11.5 Å². The summed E-state index contributed by atoms with van der Waals surface area (Å²) in [6.07, 6.45) is -3.17. The maximum absolute atomic E-state index is 13.4. The van der Waals surface area contributed by atoms with Crippen LogP contribution >= 0.6 is 0 Å². The fraction of sp³-hybridized carbons (Fsp3) is 0.400. The number of carbonyl (C=O) groups excluding carboxylic acids is 1. The second-order valence-corrected chi connectivity index (χ2v) is 12.7. The molecule has 7 rings (SSSR count). The molecule has 8 nitrogen and oxygen atoms in total. The van der Waals surface area contributed by atoms with Gasteiger partial charge in [-0.1, -0.05) is 42.3 Å². The standard InChI is InChI=1S/C35H32F3N3O5/c1-39(29(43)14-9-23-7-11-25(12-8-23)35(36,37)38)26-15-17-34(41(44)45)28-21-24-10-13-27(42)31-30(24)33(34,32(26)46-31)18-20-40(28)19-16-22-5-3-2-4-6-22/h2-8,10-13,26,28,32,42H,15-21H2,1H3/t26-,28-,32+,33+,34-/m1/s1. The number of likely N-dealkylation sites (N-methyl/N-ethyl adjacent to an activating group) is 1. The van der Waals surface area contributed by atoms with Crippen LogP contribution in [-0.4, -0.2) is 69.6 Å². The zero-order valence-corrected chi connectivity index (χ0v) is 25.1. The number of phenols is 1. The van der Waals surface area contributed by atoms with E-state index in [2.05, 4.69) is 28.9 Å². The lowest BCUT2D eigenvalue weighted by Gasteiger charge is -2.61. The predicted octanol–water partition coefficient (Wildman–Crippen LogP) is 4.97. The summed E-state index contributed by atoms with van der Waals surface area (Å²) in [6.45, 7) is 1.26. The van der Waals surface area contributed by atoms with Crippen LogP contribution < -0.4 is 4.74 Å². The van der Waals surface area contributed by atoms with E-state index < -0.39 is 46.8 Å². The molecule has 238 valence electrons. The molecule has 1 saturated carbocycles. The van der Waals surface area contributed by atoms with Crippen LogP contribution in [0.15, 0.2) is 66.7 Å². The maximum Gasteiger partial charge on any atom is 0.416 e. The molecule has 0 unspecified atom stereocenters. The fourth-order valence-electron chi connectivity index (χ4n) is 8.67. The van der Waals surface area contributed by atoms with Crippen molar-refractivity contribution >= 4 is 5.91 Å². The van der Waals surface area contributed by atoms with Crippen LogP contribution in [0.2, 0.25) is 0 Å². The summed E-state index contributed by atoms with van der Waals surface area (Å²) in [4.78, 5) is 30.4. The molecule has 3 aromatic carbocycles. The smallest absolute Gasteiger partial charge is 0.416 e. The summed E-state index contributed by atoms with van der Waals surface area (Å²) in [7, 11) is 1.58. The van der Waals surface area contributed by atoms with Gasteiger partial charge in [-0.2, -0.15) is 13.2 Å². The Balaban J connectivity index is 1.23. The van der Waals surface area contributed by atoms with Crippen molar-refractivity contribution in [2.24, 2.45) is 0 Å². The molecule has 1 N–H and O–H groups in total. The summed E-state index contributed by atoms with van der Waals surface area (Å²) < 4.78 is 45.4. The first-order chi connectivity index (χ1) is 22.0. The first-order valence-corrected chi connectivity index (χ1v) is 15.4. The summed E-state index contributed by atoms with van der Waals surface area (Å²) in [6, 6.07) is 16.7. The van der Waals surface area contributed by atoms with E-state index in [1.807, 2.05) is 24.3 Å². The number of rotatable bonds is 5. The number of ether oxygens (including phenoxy) is 1. The molecule has 5 atom stereocenters. The number of likely N-dealkylation sites (tertiary alicyclic amines) is 1. The Hall–Kier alpha value is -4.56. The monoisotopic (exact) mass is 631 g/mol. The Morgan fingerprint density at radius 3 is 2.57 bits per heavy atom. The Morgan fingerprint density at radius 2 is 1.87 bits per heavy atom. The second kappa shape index (κ2) is 10.8. The number of nitrogens with zero attached hydrogens (tertiary/aromatic N) is 3. The largest absolute Gasteiger partial charge is 0.504 e. The minimum Gasteiger partial charge on any atom is -0.504 e. The number of benzene rings is 3. The topological polar surface area (TPSA) is 96.2 Å². The number of amides is 1. The van der Waals surface area contributed by atoms with Crippen LogP contribution in [0.4, 0.5) is 13.2 Å². The Labute approximate surface area is 263 Å². The SMILES string of the molecule is CN(C(=O)C#Cc1ccc(C(F)(F)F)cc1)[C@@H]1CC[C@@]2([N+](=O)[O-])[C@H]3Cc4ccc(O)c5c4[C@@]2(CCN3CCc2ccccc2)[C@H]1O5. The molecule has 2 aliphatic heterocycles. The fourth-order valence-corrected chi connectivity index (χ4v) is 8.67. The molecule has 11 heteroatoms. The highest BCUT2D eigenvalue weighted by Gasteiger charge is 2.80. The minimum atomic E-state index is -4.48. The normalized spacial score (nSPS) is 27.5. The highest BCUT2D eigenvalue weighted by Crippen LogP contribution is 2.66. The van der Waals surface area contributed by atoms with Gasteiger partial charge in [0.05, 0.1) is 17.6 Å². The van der Waals surface area contributed by atoms with E-state index in [9.17, 15) is 33.2 Å². The van der Waals surface area contributed by atoms with Crippen molar-refractivity contribution in [3.05, 3.63) is 105 Å². The van der Waals surface area contributed by atoms with E-state index in [1.54, 1.807) is 13.1 Å². The second-order valence-electron chi connectivity index (χ2n) is 12.7. The van der Waals surface area contributed by atoms with Gasteiger partial charge < -0.3 is 14.7 Å². The number of nitro groups is 1. The van der Waals surface area contributed by atoms with Crippen LogP contribution in [0.3, 0.4) is 0 Å². The molecule has 2 fully saturated rings. The van der Waals surface area contributed by atoms with E-state index >= 15 is 0 Å². The lowest BCUT2D eigenvalue weighted by molar-refractivity contribution is -0.606. The minimum absolute atomic E-state index is 0.0837. The number of carbonyl (C=O) groups is 1. The summed E-state index contributed by atoms with van der Waals surface area (Å²) in [5.41, 5.74) is -0.274. The molecule has 1 saturated heterocycles. The molecule has 0 radical (unpaired) electrons.